The predicted molar refractivity (Wildman–Crippen MR) is 83.1 cm³/mol. The van der Waals surface area contributed by atoms with Gasteiger partial charge in [0.05, 0.1) is 17.3 Å². The molecule has 0 aliphatic carbocycles. The fourth-order valence-electron chi connectivity index (χ4n) is 1.85. The van der Waals surface area contributed by atoms with E-state index < -0.39 is 0 Å². The first-order chi connectivity index (χ1) is 9.60. The summed E-state index contributed by atoms with van der Waals surface area (Å²) in [7, 11) is 2.00. The molecule has 0 bridgehead atoms. The molecule has 2 rings (SSSR count). The average Bonchev–Trinajstić information content (AvgIpc) is 2.84. The van der Waals surface area contributed by atoms with Crippen molar-refractivity contribution in [3.63, 3.8) is 0 Å². The van der Waals surface area contributed by atoms with E-state index in [1.54, 1.807) is 12.1 Å². The molecule has 2 N–H and O–H groups in total. The third kappa shape index (κ3) is 3.54. The van der Waals surface area contributed by atoms with Crippen molar-refractivity contribution in [2.24, 2.45) is 7.05 Å². The van der Waals surface area contributed by atoms with Crippen molar-refractivity contribution in [2.45, 2.75) is 19.9 Å². The second-order valence-corrected chi connectivity index (χ2v) is 4.97. The van der Waals surface area contributed by atoms with Gasteiger partial charge in [-0.25, -0.2) is 0 Å². The first-order valence-electron chi connectivity index (χ1n) is 6.53. The Morgan fingerprint density at radius 1 is 1.35 bits per heavy atom. The van der Waals surface area contributed by atoms with Gasteiger partial charge in [-0.2, -0.15) is 0 Å². The lowest BCUT2D eigenvalue weighted by Gasteiger charge is -2.11. The van der Waals surface area contributed by atoms with Gasteiger partial charge in [0.15, 0.2) is 0 Å². The van der Waals surface area contributed by atoms with E-state index >= 15 is 0 Å². The summed E-state index contributed by atoms with van der Waals surface area (Å²) in [4.78, 5) is 11.4. The molecular weight excluding hydrogens is 274 g/mol. The highest BCUT2D eigenvalue weighted by molar-refractivity contribution is 6.33. The van der Waals surface area contributed by atoms with E-state index in [-0.39, 0.29) is 5.91 Å². The van der Waals surface area contributed by atoms with Crippen LogP contribution in [0.15, 0.2) is 36.5 Å². The number of hydrogen-bond donors (Lipinski definition) is 2. The van der Waals surface area contributed by atoms with Crippen molar-refractivity contribution in [1.29, 1.82) is 0 Å². The van der Waals surface area contributed by atoms with Crippen LogP contribution in [0.25, 0.3) is 0 Å². The molecule has 0 spiro atoms. The minimum absolute atomic E-state index is 0.0132. The van der Waals surface area contributed by atoms with Crippen molar-refractivity contribution < 1.29 is 4.79 Å². The number of nitrogens with zero attached hydrogens (tertiary/aromatic N) is 1. The summed E-state index contributed by atoms with van der Waals surface area (Å²) < 4.78 is 2.05. The zero-order valence-electron chi connectivity index (χ0n) is 11.6. The molecular formula is C15H18ClN3O. The molecule has 20 heavy (non-hydrogen) atoms. The number of amides is 1. The van der Waals surface area contributed by atoms with E-state index in [1.807, 2.05) is 42.9 Å². The van der Waals surface area contributed by atoms with E-state index in [0.717, 1.165) is 17.1 Å². The lowest BCUT2D eigenvalue weighted by Crippen LogP contribution is -2.10. The van der Waals surface area contributed by atoms with Crippen molar-refractivity contribution in [2.75, 3.05) is 10.6 Å². The van der Waals surface area contributed by atoms with Crippen molar-refractivity contribution >= 4 is 28.9 Å². The van der Waals surface area contributed by atoms with Crippen molar-refractivity contribution in [3.05, 3.63) is 47.2 Å². The second-order valence-electron chi connectivity index (χ2n) is 4.56. The lowest BCUT2D eigenvalue weighted by molar-refractivity contribution is -0.115. The third-order valence-corrected chi connectivity index (χ3v) is 3.41. The summed E-state index contributed by atoms with van der Waals surface area (Å²) in [6.07, 6.45) is 2.45. The van der Waals surface area contributed by atoms with Gasteiger partial charge in [0.25, 0.3) is 0 Å². The maximum atomic E-state index is 11.4. The Labute approximate surface area is 123 Å². The van der Waals surface area contributed by atoms with Crippen LogP contribution in [-0.2, 0) is 18.4 Å². The summed E-state index contributed by atoms with van der Waals surface area (Å²) in [5, 5.41) is 6.74. The lowest BCUT2D eigenvalue weighted by atomic mass is 10.2. The molecule has 106 valence electrons. The standard InChI is InChI=1S/C15H18ClN3O/c1-3-15(20)18-11-6-7-13(16)14(9-11)17-10-12-5-4-8-19(12)2/h4-9,17H,3,10H2,1-2H3,(H,18,20). The monoisotopic (exact) mass is 291 g/mol. The molecule has 0 unspecified atom stereocenters. The first kappa shape index (κ1) is 14.5. The average molecular weight is 292 g/mol. The van der Waals surface area contributed by atoms with Crippen LogP contribution >= 0.6 is 11.6 Å². The zero-order chi connectivity index (χ0) is 14.5. The Kier molecular flexibility index (Phi) is 4.69. The van der Waals surface area contributed by atoms with Gasteiger partial charge in [-0.05, 0) is 30.3 Å². The maximum Gasteiger partial charge on any atom is 0.224 e. The molecule has 0 radical (unpaired) electrons. The van der Waals surface area contributed by atoms with Crippen LogP contribution in [0.4, 0.5) is 11.4 Å². The number of anilines is 2. The number of aryl methyl sites for hydroxylation is 1. The van der Waals surface area contributed by atoms with Crippen LogP contribution in [0.1, 0.15) is 19.0 Å². The molecule has 4 nitrogen and oxygen atoms in total. The largest absolute Gasteiger partial charge is 0.378 e. The minimum Gasteiger partial charge on any atom is -0.378 e. The number of hydrogen-bond acceptors (Lipinski definition) is 2. The number of nitrogens with one attached hydrogen (secondary N) is 2. The van der Waals surface area contributed by atoms with Crippen molar-refractivity contribution in [3.8, 4) is 0 Å². The molecule has 1 amide bonds. The van der Waals surface area contributed by atoms with Gasteiger partial charge in [-0.1, -0.05) is 18.5 Å². The van der Waals surface area contributed by atoms with Crippen LogP contribution in [-0.4, -0.2) is 10.5 Å². The smallest absolute Gasteiger partial charge is 0.224 e. The van der Waals surface area contributed by atoms with Crippen LogP contribution in [0.2, 0.25) is 5.02 Å². The second kappa shape index (κ2) is 6.48. The number of aromatic nitrogens is 1. The molecule has 1 aromatic heterocycles. The van der Waals surface area contributed by atoms with Gasteiger partial charge in [-0.3, -0.25) is 4.79 Å². The van der Waals surface area contributed by atoms with E-state index in [0.29, 0.717) is 18.0 Å². The first-order valence-corrected chi connectivity index (χ1v) is 6.91. The number of carbonyl (C=O) groups is 1. The van der Waals surface area contributed by atoms with E-state index in [1.165, 1.54) is 0 Å². The Balaban J connectivity index is 2.08. The number of halogens is 1. The Hall–Kier alpha value is -1.94. The number of carbonyl (C=O) groups excluding carboxylic acids is 1. The Morgan fingerprint density at radius 3 is 2.80 bits per heavy atom. The molecule has 0 saturated heterocycles. The summed E-state index contributed by atoms with van der Waals surface area (Å²) in [6.45, 7) is 2.49. The summed E-state index contributed by atoms with van der Waals surface area (Å²) in [6, 6.07) is 9.46. The molecule has 0 aliphatic rings. The molecule has 2 aromatic rings. The van der Waals surface area contributed by atoms with E-state index in [4.69, 9.17) is 11.6 Å². The fraction of sp³-hybridized carbons (Fsp3) is 0.267. The van der Waals surface area contributed by atoms with Crippen LogP contribution in [0, 0.1) is 0 Å². The zero-order valence-corrected chi connectivity index (χ0v) is 12.4. The molecule has 1 heterocycles. The molecule has 0 fully saturated rings. The van der Waals surface area contributed by atoms with E-state index in [2.05, 4.69) is 10.6 Å². The Bertz CT molecular complexity index is 607. The highest BCUT2D eigenvalue weighted by Gasteiger charge is 2.05. The van der Waals surface area contributed by atoms with Crippen LogP contribution < -0.4 is 10.6 Å². The van der Waals surface area contributed by atoms with Gasteiger partial charge >= 0.3 is 0 Å². The van der Waals surface area contributed by atoms with Gasteiger partial charge in [0.2, 0.25) is 5.91 Å². The Morgan fingerprint density at radius 2 is 2.15 bits per heavy atom. The summed E-state index contributed by atoms with van der Waals surface area (Å²) >= 11 is 6.16. The number of rotatable bonds is 5. The molecule has 1 aromatic carbocycles. The minimum atomic E-state index is -0.0132. The fourth-order valence-corrected chi connectivity index (χ4v) is 2.04. The third-order valence-electron chi connectivity index (χ3n) is 3.08. The molecule has 5 heteroatoms. The number of benzene rings is 1. The topological polar surface area (TPSA) is 46.1 Å². The van der Waals surface area contributed by atoms with Gasteiger partial charge < -0.3 is 15.2 Å². The SMILES string of the molecule is CCC(=O)Nc1ccc(Cl)c(NCc2cccn2C)c1. The normalized spacial score (nSPS) is 10.3. The van der Waals surface area contributed by atoms with E-state index in [9.17, 15) is 4.79 Å². The summed E-state index contributed by atoms with van der Waals surface area (Å²) in [5.74, 6) is -0.0132. The predicted octanol–water partition coefficient (Wildman–Crippen LogP) is 3.64. The highest BCUT2D eigenvalue weighted by Crippen LogP contribution is 2.26. The molecule has 0 atom stereocenters. The molecule has 0 aliphatic heterocycles. The summed E-state index contributed by atoms with van der Waals surface area (Å²) in [5.41, 5.74) is 2.71. The maximum absolute atomic E-state index is 11.4. The van der Waals surface area contributed by atoms with Gasteiger partial charge in [0.1, 0.15) is 0 Å². The van der Waals surface area contributed by atoms with Crippen molar-refractivity contribution in [1.82, 2.24) is 4.57 Å². The quantitative estimate of drug-likeness (QED) is 0.883. The van der Waals surface area contributed by atoms with Crippen LogP contribution in [0.3, 0.4) is 0 Å². The van der Waals surface area contributed by atoms with Gasteiger partial charge in [0, 0.05) is 31.0 Å². The highest BCUT2D eigenvalue weighted by atomic mass is 35.5. The molecule has 0 saturated carbocycles. The van der Waals surface area contributed by atoms with Gasteiger partial charge in [-0.15, -0.1) is 0 Å². The van der Waals surface area contributed by atoms with Crippen LogP contribution in [0.5, 0.6) is 0 Å².